The van der Waals surface area contributed by atoms with Gasteiger partial charge in [0.2, 0.25) is 0 Å². The molecule has 0 aliphatic heterocycles. The van der Waals surface area contributed by atoms with Gasteiger partial charge in [-0.15, -0.1) is 0 Å². The van der Waals surface area contributed by atoms with E-state index in [4.69, 9.17) is 4.74 Å². The van der Waals surface area contributed by atoms with Crippen LogP contribution in [0.4, 0.5) is 0 Å². The Morgan fingerprint density at radius 2 is 1.95 bits per heavy atom. The van der Waals surface area contributed by atoms with Crippen LogP contribution >= 0.6 is 0 Å². The number of hydrogen-bond acceptors (Lipinski definition) is 3. The summed E-state index contributed by atoms with van der Waals surface area (Å²) in [6, 6.07) is 6.72. The van der Waals surface area contributed by atoms with E-state index in [0.29, 0.717) is 19.2 Å². The zero-order valence-corrected chi connectivity index (χ0v) is 13.6. The van der Waals surface area contributed by atoms with E-state index < -0.39 is 6.10 Å². The van der Waals surface area contributed by atoms with Gasteiger partial charge in [-0.2, -0.15) is 0 Å². The van der Waals surface area contributed by atoms with Crippen LogP contribution in [0.15, 0.2) is 18.2 Å². The molecule has 0 radical (unpaired) electrons. The third-order valence-electron chi connectivity index (χ3n) is 4.43. The van der Waals surface area contributed by atoms with Crippen LogP contribution < -0.4 is 10.1 Å². The molecule has 1 fully saturated rings. The average Bonchev–Trinajstić information content (AvgIpc) is 2.47. The summed E-state index contributed by atoms with van der Waals surface area (Å²) >= 11 is 0. The maximum Gasteiger partial charge on any atom is 0.122 e. The van der Waals surface area contributed by atoms with Crippen molar-refractivity contribution in [3.05, 3.63) is 29.3 Å². The molecule has 1 aliphatic carbocycles. The highest BCUT2D eigenvalue weighted by atomic mass is 16.5. The number of aliphatic hydroxyl groups is 1. The Kier molecular flexibility index (Phi) is 6.07. The lowest BCUT2D eigenvalue weighted by Gasteiger charge is -2.27. The van der Waals surface area contributed by atoms with Crippen molar-refractivity contribution in [2.75, 3.05) is 13.2 Å². The Morgan fingerprint density at radius 3 is 2.67 bits per heavy atom. The van der Waals surface area contributed by atoms with Crippen molar-refractivity contribution >= 4 is 0 Å². The van der Waals surface area contributed by atoms with Gasteiger partial charge in [0, 0.05) is 12.6 Å². The van der Waals surface area contributed by atoms with Crippen molar-refractivity contribution in [3.63, 3.8) is 0 Å². The molecule has 3 nitrogen and oxygen atoms in total. The molecule has 0 spiro atoms. The van der Waals surface area contributed by atoms with Gasteiger partial charge in [0.1, 0.15) is 18.5 Å². The highest BCUT2D eigenvalue weighted by Gasteiger charge is 2.18. The predicted octanol–water partition coefficient (Wildman–Crippen LogP) is 3.21. The standard InChI is InChI=1S/C18H29NO2/c1-13-5-8-16(9-6-13)19-11-17(20)12-21-18-10-14(2)4-7-15(18)3/h4,7,10,13,16-17,19-20H,5-6,8-9,11-12H2,1-3H3. The number of aryl methyl sites for hydroxylation is 2. The number of nitrogens with one attached hydrogen (secondary N) is 1. The fraction of sp³-hybridized carbons (Fsp3) is 0.667. The lowest BCUT2D eigenvalue weighted by molar-refractivity contribution is 0.100. The van der Waals surface area contributed by atoms with E-state index in [9.17, 15) is 5.11 Å². The third kappa shape index (κ3) is 5.33. The number of benzene rings is 1. The van der Waals surface area contributed by atoms with Gasteiger partial charge in [0.25, 0.3) is 0 Å². The molecule has 21 heavy (non-hydrogen) atoms. The van der Waals surface area contributed by atoms with Crippen molar-refractivity contribution in [3.8, 4) is 5.75 Å². The number of ether oxygens (including phenoxy) is 1. The van der Waals surface area contributed by atoms with Gasteiger partial charge in [-0.1, -0.05) is 19.1 Å². The topological polar surface area (TPSA) is 41.5 Å². The molecule has 1 atom stereocenters. The SMILES string of the molecule is Cc1ccc(C)c(OCC(O)CNC2CCC(C)CC2)c1. The van der Waals surface area contributed by atoms with Crippen molar-refractivity contribution in [1.29, 1.82) is 0 Å². The molecular weight excluding hydrogens is 262 g/mol. The first kappa shape index (κ1) is 16.3. The summed E-state index contributed by atoms with van der Waals surface area (Å²) < 4.78 is 5.75. The Labute approximate surface area is 128 Å². The monoisotopic (exact) mass is 291 g/mol. The molecule has 0 bridgehead atoms. The molecule has 118 valence electrons. The summed E-state index contributed by atoms with van der Waals surface area (Å²) in [5.74, 6) is 1.74. The summed E-state index contributed by atoms with van der Waals surface area (Å²) in [6.45, 7) is 7.37. The minimum atomic E-state index is -0.454. The summed E-state index contributed by atoms with van der Waals surface area (Å²) in [4.78, 5) is 0. The quantitative estimate of drug-likeness (QED) is 0.845. The average molecular weight is 291 g/mol. The van der Waals surface area contributed by atoms with Gasteiger partial charge >= 0.3 is 0 Å². The lowest BCUT2D eigenvalue weighted by atomic mass is 9.87. The van der Waals surface area contributed by atoms with E-state index in [1.54, 1.807) is 0 Å². The molecular formula is C18H29NO2. The molecule has 3 heteroatoms. The van der Waals surface area contributed by atoms with Crippen LogP contribution in [0.2, 0.25) is 0 Å². The molecule has 0 aromatic heterocycles. The Bertz CT molecular complexity index is 439. The molecule has 1 unspecified atom stereocenters. The summed E-state index contributed by atoms with van der Waals surface area (Å²) in [6.07, 6.45) is 4.60. The van der Waals surface area contributed by atoms with Crippen molar-refractivity contribution in [2.45, 2.75) is 58.6 Å². The summed E-state index contributed by atoms with van der Waals surface area (Å²) in [5, 5.41) is 13.5. The van der Waals surface area contributed by atoms with E-state index in [1.807, 2.05) is 19.9 Å². The molecule has 1 aromatic rings. The Morgan fingerprint density at radius 1 is 1.24 bits per heavy atom. The second kappa shape index (κ2) is 7.81. The van der Waals surface area contributed by atoms with Gasteiger partial charge < -0.3 is 15.2 Å². The van der Waals surface area contributed by atoms with Gasteiger partial charge in [-0.3, -0.25) is 0 Å². The van der Waals surface area contributed by atoms with Crippen LogP contribution in [-0.2, 0) is 0 Å². The molecule has 1 aliphatic rings. The molecule has 2 N–H and O–H groups in total. The van der Waals surface area contributed by atoms with Crippen LogP contribution in [0.3, 0.4) is 0 Å². The van der Waals surface area contributed by atoms with Crippen LogP contribution in [0.5, 0.6) is 5.75 Å². The van der Waals surface area contributed by atoms with Crippen molar-refractivity contribution < 1.29 is 9.84 Å². The number of aliphatic hydroxyl groups excluding tert-OH is 1. The van der Waals surface area contributed by atoms with Crippen molar-refractivity contribution in [2.24, 2.45) is 5.92 Å². The van der Waals surface area contributed by atoms with Crippen molar-refractivity contribution in [1.82, 2.24) is 5.32 Å². The normalized spacial score (nSPS) is 23.8. The Balaban J connectivity index is 1.70. The maximum absolute atomic E-state index is 10.1. The highest BCUT2D eigenvalue weighted by molar-refractivity contribution is 5.35. The second-order valence-electron chi connectivity index (χ2n) is 6.60. The van der Waals surface area contributed by atoms with Crippen LogP contribution in [0.1, 0.15) is 43.7 Å². The molecule has 2 rings (SSSR count). The molecule has 0 heterocycles. The fourth-order valence-electron chi connectivity index (χ4n) is 2.87. The van der Waals surface area contributed by atoms with E-state index in [2.05, 4.69) is 24.4 Å². The first-order chi connectivity index (χ1) is 10.0. The minimum absolute atomic E-state index is 0.348. The van der Waals surface area contributed by atoms with E-state index in [0.717, 1.165) is 17.2 Å². The first-order valence-corrected chi connectivity index (χ1v) is 8.16. The molecule has 0 amide bonds. The minimum Gasteiger partial charge on any atom is -0.491 e. The summed E-state index contributed by atoms with van der Waals surface area (Å²) in [5.41, 5.74) is 2.29. The van der Waals surface area contributed by atoms with Crippen LogP contribution in [0.25, 0.3) is 0 Å². The molecule has 1 saturated carbocycles. The van der Waals surface area contributed by atoms with Crippen LogP contribution in [-0.4, -0.2) is 30.4 Å². The van der Waals surface area contributed by atoms with E-state index >= 15 is 0 Å². The zero-order chi connectivity index (χ0) is 15.2. The zero-order valence-electron chi connectivity index (χ0n) is 13.6. The Hall–Kier alpha value is -1.06. The third-order valence-corrected chi connectivity index (χ3v) is 4.43. The van der Waals surface area contributed by atoms with Gasteiger partial charge in [-0.25, -0.2) is 0 Å². The highest BCUT2D eigenvalue weighted by Crippen LogP contribution is 2.23. The largest absolute Gasteiger partial charge is 0.491 e. The molecule has 1 aromatic carbocycles. The maximum atomic E-state index is 10.1. The first-order valence-electron chi connectivity index (χ1n) is 8.16. The van der Waals surface area contributed by atoms with Gasteiger partial charge in [0.15, 0.2) is 0 Å². The van der Waals surface area contributed by atoms with Gasteiger partial charge in [0.05, 0.1) is 0 Å². The van der Waals surface area contributed by atoms with Crippen LogP contribution in [0, 0.1) is 19.8 Å². The summed E-state index contributed by atoms with van der Waals surface area (Å²) in [7, 11) is 0. The second-order valence-corrected chi connectivity index (χ2v) is 6.60. The molecule has 0 saturated heterocycles. The predicted molar refractivity (Wildman–Crippen MR) is 86.8 cm³/mol. The fourth-order valence-corrected chi connectivity index (χ4v) is 2.87. The van der Waals surface area contributed by atoms with E-state index in [-0.39, 0.29) is 0 Å². The van der Waals surface area contributed by atoms with Gasteiger partial charge in [-0.05, 0) is 62.6 Å². The lowest BCUT2D eigenvalue weighted by Crippen LogP contribution is -2.39. The number of hydrogen-bond donors (Lipinski definition) is 2. The van der Waals surface area contributed by atoms with E-state index in [1.165, 1.54) is 31.2 Å². The number of rotatable bonds is 6. The smallest absolute Gasteiger partial charge is 0.122 e.